The van der Waals surface area contributed by atoms with E-state index in [1.807, 2.05) is 0 Å². The molecular weight excluding hydrogens is 274 g/mol. The molecule has 0 radical (unpaired) electrons. The maximum absolute atomic E-state index is 10.7. The van der Waals surface area contributed by atoms with Crippen LogP contribution in [0.3, 0.4) is 0 Å². The van der Waals surface area contributed by atoms with Crippen molar-refractivity contribution in [1.29, 1.82) is 0 Å². The van der Waals surface area contributed by atoms with Crippen LogP contribution in [0.1, 0.15) is 11.3 Å². The first kappa shape index (κ1) is 14.1. The lowest BCUT2D eigenvalue weighted by molar-refractivity contribution is -0.384. The van der Waals surface area contributed by atoms with E-state index in [0.717, 1.165) is 0 Å². The fourth-order valence-corrected chi connectivity index (χ4v) is 1.48. The molecule has 0 amide bonds. The van der Waals surface area contributed by atoms with E-state index >= 15 is 0 Å². The Bertz CT molecular complexity index is 713. The standard InChI is InChI=1S/C13H11N5O3/c14-13(11-3-1-2-6-15-11)17-16-8-9-7-10(18(20)21)4-5-12(9)19/h1-8,19H,(H2,14,17)/b16-8+. The Morgan fingerprint density at radius 1 is 1.38 bits per heavy atom. The van der Waals surface area contributed by atoms with Gasteiger partial charge in [0.05, 0.1) is 11.1 Å². The fourth-order valence-electron chi connectivity index (χ4n) is 1.48. The molecule has 2 aromatic rings. The van der Waals surface area contributed by atoms with Crippen molar-refractivity contribution in [2.24, 2.45) is 15.9 Å². The van der Waals surface area contributed by atoms with Crippen LogP contribution in [0.5, 0.6) is 5.75 Å². The number of pyridine rings is 1. The Morgan fingerprint density at radius 3 is 2.86 bits per heavy atom. The number of phenolic OH excluding ortho intramolecular Hbond substituents is 1. The zero-order valence-corrected chi connectivity index (χ0v) is 10.7. The van der Waals surface area contributed by atoms with E-state index in [-0.39, 0.29) is 22.8 Å². The minimum Gasteiger partial charge on any atom is -0.507 e. The zero-order valence-electron chi connectivity index (χ0n) is 10.7. The smallest absolute Gasteiger partial charge is 0.270 e. The number of aromatic nitrogens is 1. The molecular formula is C13H11N5O3. The second-order valence-electron chi connectivity index (χ2n) is 3.95. The number of phenols is 1. The van der Waals surface area contributed by atoms with Crippen LogP contribution < -0.4 is 5.73 Å². The van der Waals surface area contributed by atoms with Crippen LogP contribution in [-0.2, 0) is 0 Å². The van der Waals surface area contributed by atoms with Gasteiger partial charge in [-0.1, -0.05) is 6.07 Å². The third kappa shape index (κ3) is 3.60. The topological polar surface area (TPSA) is 127 Å². The van der Waals surface area contributed by atoms with Crippen molar-refractivity contribution in [3.8, 4) is 5.75 Å². The fraction of sp³-hybridized carbons (Fsp3) is 0. The van der Waals surface area contributed by atoms with Gasteiger partial charge in [0.15, 0.2) is 5.84 Å². The summed E-state index contributed by atoms with van der Waals surface area (Å²) in [5.74, 6) is -0.0484. The molecule has 1 heterocycles. The van der Waals surface area contributed by atoms with Crippen molar-refractivity contribution in [1.82, 2.24) is 4.98 Å². The lowest BCUT2D eigenvalue weighted by Crippen LogP contribution is -2.14. The average Bonchev–Trinajstić information content (AvgIpc) is 2.49. The van der Waals surface area contributed by atoms with Gasteiger partial charge in [0, 0.05) is 23.9 Å². The van der Waals surface area contributed by atoms with Gasteiger partial charge in [0.25, 0.3) is 5.69 Å². The zero-order chi connectivity index (χ0) is 15.2. The normalized spacial score (nSPS) is 11.7. The van der Waals surface area contributed by atoms with Crippen molar-refractivity contribution in [3.05, 3.63) is 64.0 Å². The largest absolute Gasteiger partial charge is 0.507 e. The molecule has 0 atom stereocenters. The quantitative estimate of drug-likeness (QED) is 0.380. The molecule has 2 rings (SSSR count). The highest BCUT2D eigenvalue weighted by molar-refractivity contribution is 5.96. The Labute approximate surface area is 119 Å². The number of nitro benzene ring substituents is 1. The van der Waals surface area contributed by atoms with Gasteiger partial charge in [-0.3, -0.25) is 15.1 Å². The summed E-state index contributed by atoms with van der Waals surface area (Å²) in [4.78, 5) is 14.1. The molecule has 0 unspecified atom stereocenters. The Balaban J connectivity index is 2.22. The van der Waals surface area contributed by atoms with Crippen LogP contribution in [0.25, 0.3) is 0 Å². The number of nitrogens with two attached hydrogens (primary N) is 1. The molecule has 0 fully saturated rings. The number of nitrogens with zero attached hydrogens (tertiary/aromatic N) is 4. The van der Waals surface area contributed by atoms with Crippen molar-refractivity contribution in [2.75, 3.05) is 0 Å². The summed E-state index contributed by atoms with van der Waals surface area (Å²) in [6, 6.07) is 8.75. The third-order valence-corrected chi connectivity index (χ3v) is 2.51. The molecule has 0 saturated heterocycles. The molecule has 1 aromatic heterocycles. The number of hydrogen-bond donors (Lipinski definition) is 2. The number of nitro groups is 1. The van der Waals surface area contributed by atoms with Crippen LogP contribution >= 0.6 is 0 Å². The first-order chi connectivity index (χ1) is 10.1. The highest BCUT2D eigenvalue weighted by atomic mass is 16.6. The van der Waals surface area contributed by atoms with Gasteiger partial charge in [-0.2, -0.15) is 5.10 Å². The second-order valence-corrected chi connectivity index (χ2v) is 3.95. The maximum atomic E-state index is 10.7. The molecule has 0 aliphatic carbocycles. The maximum Gasteiger partial charge on any atom is 0.270 e. The highest BCUT2D eigenvalue weighted by Crippen LogP contribution is 2.21. The number of aromatic hydroxyl groups is 1. The van der Waals surface area contributed by atoms with E-state index in [1.54, 1.807) is 24.4 Å². The molecule has 0 spiro atoms. The predicted octanol–water partition coefficient (Wildman–Crippen LogP) is 1.43. The molecule has 1 aromatic carbocycles. The molecule has 3 N–H and O–H groups in total. The number of hydrogen-bond acceptors (Lipinski definition) is 6. The van der Waals surface area contributed by atoms with Crippen LogP contribution in [0.2, 0.25) is 0 Å². The number of benzene rings is 1. The van der Waals surface area contributed by atoms with Gasteiger partial charge in [-0.15, -0.1) is 5.10 Å². The van der Waals surface area contributed by atoms with Crippen LogP contribution in [-0.4, -0.2) is 27.1 Å². The summed E-state index contributed by atoms with van der Waals surface area (Å²) in [6.07, 6.45) is 2.74. The van der Waals surface area contributed by atoms with E-state index in [4.69, 9.17) is 5.73 Å². The first-order valence-corrected chi connectivity index (χ1v) is 5.83. The molecule has 0 saturated carbocycles. The Kier molecular flexibility index (Phi) is 4.20. The van der Waals surface area contributed by atoms with Crippen molar-refractivity contribution in [3.63, 3.8) is 0 Å². The van der Waals surface area contributed by atoms with E-state index in [1.165, 1.54) is 24.4 Å². The van der Waals surface area contributed by atoms with Gasteiger partial charge < -0.3 is 10.8 Å². The average molecular weight is 285 g/mol. The minimum absolute atomic E-state index is 0.0942. The summed E-state index contributed by atoms with van der Waals surface area (Å²) < 4.78 is 0. The minimum atomic E-state index is -0.567. The number of rotatable bonds is 4. The van der Waals surface area contributed by atoms with Crippen LogP contribution in [0.15, 0.2) is 52.8 Å². The van der Waals surface area contributed by atoms with Crippen LogP contribution in [0, 0.1) is 10.1 Å². The van der Waals surface area contributed by atoms with E-state index < -0.39 is 4.92 Å². The predicted molar refractivity (Wildman–Crippen MR) is 77.3 cm³/mol. The molecule has 0 bridgehead atoms. The van der Waals surface area contributed by atoms with Crippen molar-refractivity contribution in [2.45, 2.75) is 0 Å². The van der Waals surface area contributed by atoms with Crippen molar-refractivity contribution >= 4 is 17.7 Å². The first-order valence-electron chi connectivity index (χ1n) is 5.83. The lowest BCUT2D eigenvalue weighted by Gasteiger charge is -1.98. The van der Waals surface area contributed by atoms with Crippen LogP contribution in [0.4, 0.5) is 5.69 Å². The van der Waals surface area contributed by atoms with E-state index in [9.17, 15) is 15.2 Å². The summed E-state index contributed by atoms with van der Waals surface area (Å²) >= 11 is 0. The van der Waals surface area contributed by atoms with Gasteiger partial charge in [0.1, 0.15) is 11.4 Å². The van der Waals surface area contributed by atoms with E-state index in [2.05, 4.69) is 15.2 Å². The lowest BCUT2D eigenvalue weighted by atomic mass is 10.2. The molecule has 8 nitrogen and oxygen atoms in total. The summed E-state index contributed by atoms with van der Waals surface area (Å²) in [5.41, 5.74) is 6.15. The molecule has 21 heavy (non-hydrogen) atoms. The summed E-state index contributed by atoms with van der Waals surface area (Å²) in [7, 11) is 0. The third-order valence-electron chi connectivity index (χ3n) is 2.51. The molecule has 0 aliphatic rings. The SMILES string of the molecule is NC(=N/N=C/c1cc([N+](=O)[O-])ccc1O)c1ccccn1. The van der Waals surface area contributed by atoms with Gasteiger partial charge in [0.2, 0.25) is 0 Å². The highest BCUT2D eigenvalue weighted by Gasteiger charge is 2.08. The van der Waals surface area contributed by atoms with Gasteiger partial charge in [-0.25, -0.2) is 0 Å². The molecule has 106 valence electrons. The Morgan fingerprint density at radius 2 is 2.19 bits per heavy atom. The Hall–Kier alpha value is -3.29. The monoisotopic (exact) mass is 285 g/mol. The molecule has 0 aliphatic heterocycles. The van der Waals surface area contributed by atoms with Gasteiger partial charge in [-0.05, 0) is 18.2 Å². The number of non-ortho nitro benzene ring substituents is 1. The number of amidine groups is 1. The summed E-state index contributed by atoms with van der Waals surface area (Å²) in [6.45, 7) is 0. The van der Waals surface area contributed by atoms with Gasteiger partial charge >= 0.3 is 0 Å². The van der Waals surface area contributed by atoms with Crippen molar-refractivity contribution < 1.29 is 10.0 Å². The summed E-state index contributed by atoms with van der Waals surface area (Å²) in [5, 5.41) is 27.7. The van der Waals surface area contributed by atoms with E-state index in [0.29, 0.717) is 5.69 Å². The second kappa shape index (κ2) is 6.24. The molecule has 8 heteroatoms.